The van der Waals surface area contributed by atoms with Crippen LogP contribution in [0.3, 0.4) is 0 Å². The van der Waals surface area contributed by atoms with E-state index < -0.39 is 0 Å². The zero-order chi connectivity index (χ0) is 12.3. The third-order valence-corrected chi connectivity index (χ3v) is 4.03. The maximum atomic E-state index is 12.0. The zero-order valence-electron chi connectivity index (χ0n) is 9.50. The lowest BCUT2D eigenvalue weighted by atomic mass is 10.1. The highest BCUT2D eigenvalue weighted by atomic mass is 32.1. The molecule has 1 fully saturated rings. The molecule has 2 rings (SSSR count). The smallest absolute Gasteiger partial charge is 0.225 e. The molecule has 1 aromatic heterocycles. The maximum absolute atomic E-state index is 12.0. The molecule has 1 aliphatic heterocycles. The molecular formula is C12H15N3OS. The van der Waals surface area contributed by atoms with Crippen LogP contribution in [-0.4, -0.2) is 23.4 Å². The molecule has 2 unspecified atom stereocenters. The van der Waals surface area contributed by atoms with Gasteiger partial charge < -0.3 is 10.6 Å². The van der Waals surface area contributed by atoms with E-state index in [1.165, 1.54) is 0 Å². The van der Waals surface area contributed by atoms with Crippen LogP contribution in [0.2, 0.25) is 0 Å². The summed E-state index contributed by atoms with van der Waals surface area (Å²) in [5, 5.41) is 10.9. The molecule has 0 spiro atoms. The summed E-state index contributed by atoms with van der Waals surface area (Å²) >= 11 is 1.56. The molecule has 2 heterocycles. The Labute approximate surface area is 105 Å². The summed E-state index contributed by atoms with van der Waals surface area (Å²) in [6.07, 6.45) is 1.99. The van der Waals surface area contributed by atoms with Gasteiger partial charge in [-0.05, 0) is 24.3 Å². The third-order valence-electron chi connectivity index (χ3n) is 3.03. The second kappa shape index (κ2) is 5.30. The first kappa shape index (κ1) is 12.1. The normalized spacial score (nSPS) is 21.2. The number of likely N-dealkylation sites (tertiary alicyclic amines) is 1. The summed E-state index contributed by atoms with van der Waals surface area (Å²) < 4.78 is 0. The van der Waals surface area contributed by atoms with E-state index in [0.29, 0.717) is 13.0 Å². The van der Waals surface area contributed by atoms with Crippen LogP contribution in [0.25, 0.3) is 0 Å². The molecule has 2 atom stereocenters. The minimum absolute atomic E-state index is 0.00468. The molecule has 17 heavy (non-hydrogen) atoms. The number of nitrogens with two attached hydrogens (primary N) is 1. The molecule has 90 valence electrons. The molecule has 2 N–H and O–H groups in total. The van der Waals surface area contributed by atoms with E-state index in [9.17, 15) is 4.79 Å². The van der Waals surface area contributed by atoms with Crippen LogP contribution < -0.4 is 5.73 Å². The molecule has 1 aromatic rings. The fraction of sp³-hybridized carbons (Fsp3) is 0.500. The Balaban J connectivity index is 1.95. The van der Waals surface area contributed by atoms with Crippen molar-refractivity contribution in [2.75, 3.05) is 6.54 Å². The van der Waals surface area contributed by atoms with Crippen LogP contribution in [0.1, 0.15) is 30.2 Å². The first-order valence-corrected chi connectivity index (χ1v) is 6.58. The van der Waals surface area contributed by atoms with Gasteiger partial charge in [0.25, 0.3) is 0 Å². The van der Waals surface area contributed by atoms with Crippen molar-refractivity contribution in [1.29, 1.82) is 5.26 Å². The van der Waals surface area contributed by atoms with Crippen molar-refractivity contribution in [3.8, 4) is 6.07 Å². The number of nitrogens with zero attached hydrogens (tertiary/aromatic N) is 2. The minimum atomic E-state index is -0.252. The summed E-state index contributed by atoms with van der Waals surface area (Å²) in [5.41, 5.74) is 5.97. The quantitative estimate of drug-likeness (QED) is 0.885. The van der Waals surface area contributed by atoms with Crippen molar-refractivity contribution >= 4 is 17.2 Å². The van der Waals surface area contributed by atoms with Gasteiger partial charge in [-0.25, -0.2) is 0 Å². The fourth-order valence-corrected chi connectivity index (χ4v) is 2.84. The number of hydrogen-bond acceptors (Lipinski definition) is 4. The number of nitriles is 1. The second-order valence-electron chi connectivity index (χ2n) is 4.20. The molecule has 0 saturated carbocycles. The minimum Gasteiger partial charge on any atom is -0.327 e. The van der Waals surface area contributed by atoms with E-state index in [2.05, 4.69) is 6.07 Å². The molecule has 0 radical (unpaired) electrons. The topological polar surface area (TPSA) is 70.1 Å². The lowest BCUT2D eigenvalue weighted by Gasteiger charge is -2.21. The Morgan fingerprint density at radius 2 is 2.59 bits per heavy atom. The number of amides is 1. The number of hydrogen-bond donors (Lipinski definition) is 1. The summed E-state index contributed by atoms with van der Waals surface area (Å²) in [6.45, 7) is 0.689. The van der Waals surface area contributed by atoms with E-state index in [1.807, 2.05) is 17.5 Å². The Morgan fingerprint density at radius 1 is 1.76 bits per heavy atom. The molecule has 1 saturated heterocycles. The lowest BCUT2D eigenvalue weighted by molar-refractivity contribution is -0.131. The van der Waals surface area contributed by atoms with Crippen LogP contribution in [0.4, 0.5) is 0 Å². The zero-order valence-corrected chi connectivity index (χ0v) is 10.3. The summed E-state index contributed by atoms with van der Waals surface area (Å²) in [4.78, 5) is 14.7. The summed E-state index contributed by atoms with van der Waals surface area (Å²) in [5.74, 6) is -0.00468. The predicted molar refractivity (Wildman–Crippen MR) is 66.2 cm³/mol. The second-order valence-corrected chi connectivity index (χ2v) is 5.18. The van der Waals surface area contributed by atoms with Crippen LogP contribution in [-0.2, 0) is 4.79 Å². The van der Waals surface area contributed by atoms with Crippen molar-refractivity contribution in [3.63, 3.8) is 0 Å². The molecule has 4 nitrogen and oxygen atoms in total. The molecule has 0 bridgehead atoms. The molecule has 0 aromatic carbocycles. The Bertz CT molecular complexity index is 423. The summed E-state index contributed by atoms with van der Waals surface area (Å²) in [7, 11) is 0. The van der Waals surface area contributed by atoms with Gasteiger partial charge in [-0.2, -0.15) is 5.26 Å². The largest absolute Gasteiger partial charge is 0.327 e. The van der Waals surface area contributed by atoms with Gasteiger partial charge in [-0.1, -0.05) is 6.07 Å². The lowest BCUT2D eigenvalue weighted by Crippen LogP contribution is -2.36. The van der Waals surface area contributed by atoms with Crippen molar-refractivity contribution in [2.24, 2.45) is 5.73 Å². The van der Waals surface area contributed by atoms with Crippen LogP contribution in [0.15, 0.2) is 17.5 Å². The van der Waals surface area contributed by atoms with Crippen molar-refractivity contribution in [3.05, 3.63) is 22.4 Å². The van der Waals surface area contributed by atoms with Gasteiger partial charge in [0.05, 0.1) is 6.07 Å². The van der Waals surface area contributed by atoms with Crippen molar-refractivity contribution in [1.82, 2.24) is 4.90 Å². The standard InChI is InChI=1S/C12H15N3OS/c13-8-9-3-1-5-15(9)12(16)7-10(14)11-4-2-6-17-11/h2,4,6,9-10H,1,3,5,7,14H2. The fourth-order valence-electron chi connectivity index (χ4n) is 2.11. The predicted octanol–water partition coefficient (Wildman–Crippen LogP) is 1.65. The average molecular weight is 249 g/mol. The number of carbonyl (C=O) groups is 1. The average Bonchev–Trinajstić information content (AvgIpc) is 2.99. The van der Waals surface area contributed by atoms with E-state index in [0.717, 1.165) is 17.7 Å². The van der Waals surface area contributed by atoms with Crippen LogP contribution in [0.5, 0.6) is 0 Å². The number of rotatable bonds is 3. The Kier molecular flexibility index (Phi) is 3.77. The van der Waals surface area contributed by atoms with Gasteiger partial charge in [0.1, 0.15) is 6.04 Å². The van der Waals surface area contributed by atoms with E-state index in [1.54, 1.807) is 16.2 Å². The molecule has 0 aliphatic carbocycles. The Hall–Kier alpha value is -1.38. The van der Waals surface area contributed by atoms with Gasteiger partial charge >= 0.3 is 0 Å². The van der Waals surface area contributed by atoms with Crippen molar-refractivity contribution < 1.29 is 4.79 Å². The number of carbonyl (C=O) groups excluding carboxylic acids is 1. The van der Waals surface area contributed by atoms with Gasteiger partial charge in [-0.15, -0.1) is 11.3 Å². The molecule has 5 heteroatoms. The van der Waals surface area contributed by atoms with Crippen LogP contribution >= 0.6 is 11.3 Å². The third kappa shape index (κ3) is 2.65. The van der Waals surface area contributed by atoms with E-state index >= 15 is 0 Å². The SMILES string of the molecule is N#CC1CCCN1C(=O)CC(N)c1cccs1. The molecule has 1 aliphatic rings. The Morgan fingerprint density at radius 3 is 3.24 bits per heavy atom. The monoisotopic (exact) mass is 249 g/mol. The van der Waals surface area contributed by atoms with Gasteiger partial charge in [0.2, 0.25) is 5.91 Å². The molecular weight excluding hydrogens is 234 g/mol. The number of thiophene rings is 1. The highest BCUT2D eigenvalue weighted by Gasteiger charge is 2.29. The molecule has 1 amide bonds. The van der Waals surface area contributed by atoms with E-state index in [-0.39, 0.29) is 18.0 Å². The van der Waals surface area contributed by atoms with Gasteiger partial charge in [0, 0.05) is 23.9 Å². The highest BCUT2D eigenvalue weighted by molar-refractivity contribution is 7.10. The van der Waals surface area contributed by atoms with E-state index in [4.69, 9.17) is 11.0 Å². The first-order valence-electron chi connectivity index (χ1n) is 5.70. The highest BCUT2D eigenvalue weighted by Crippen LogP contribution is 2.23. The van der Waals surface area contributed by atoms with Gasteiger partial charge in [0.15, 0.2) is 0 Å². The maximum Gasteiger partial charge on any atom is 0.225 e. The summed E-state index contributed by atoms with van der Waals surface area (Å²) in [6, 6.07) is 5.54. The van der Waals surface area contributed by atoms with Crippen molar-refractivity contribution in [2.45, 2.75) is 31.3 Å². The van der Waals surface area contributed by atoms with Crippen LogP contribution in [0, 0.1) is 11.3 Å². The first-order chi connectivity index (χ1) is 8.22. The van der Waals surface area contributed by atoms with Gasteiger partial charge in [-0.3, -0.25) is 4.79 Å².